The molecule has 0 amide bonds. The van der Waals surface area contributed by atoms with E-state index in [2.05, 4.69) is 0 Å². The van der Waals surface area contributed by atoms with Crippen molar-refractivity contribution in [2.75, 3.05) is 19.0 Å². The molecule has 2 atom stereocenters. The summed E-state index contributed by atoms with van der Waals surface area (Å²) in [5.41, 5.74) is 0.780. The molecule has 1 aliphatic heterocycles. The van der Waals surface area contributed by atoms with Gasteiger partial charge < -0.3 is 19.1 Å². The molecule has 1 saturated heterocycles. The molecule has 106 valence electrons. The Kier molecular flexibility index (Phi) is 6.13. The molecule has 1 N–H and O–H groups in total. The molecule has 1 aromatic carbocycles. The molecule has 0 aliphatic carbocycles. The van der Waals surface area contributed by atoms with Crippen LogP contribution in [0.5, 0.6) is 0 Å². The van der Waals surface area contributed by atoms with Crippen LogP contribution in [0.25, 0.3) is 0 Å². The van der Waals surface area contributed by atoms with Crippen LogP contribution in [-0.4, -0.2) is 34.9 Å². The van der Waals surface area contributed by atoms with Crippen molar-refractivity contribution in [3.8, 4) is 0 Å². The van der Waals surface area contributed by atoms with Crippen molar-refractivity contribution in [2.45, 2.75) is 37.1 Å². The quantitative estimate of drug-likeness (QED) is 0.810. The SMILES string of the molecule is [O-][S+](CCOC1CCCCO1)c1cccc(CO)c1. The Labute approximate surface area is 116 Å². The van der Waals surface area contributed by atoms with E-state index >= 15 is 0 Å². The minimum absolute atomic E-state index is 0.0303. The van der Waals surface area contributed by atoms with Crippen molar-refractivity contribution in [2.24, 2.45) is 0 Å². The zero-order valence-corrected chi connectivity index (χ0v) is 11.7. The first-order valence-electron chi connectivity index (χ1n) is 6.61. The van der Waals surface area contributed by atoms with E-state index in [1.807, 2.05) is 18.2 Å². The lowest BCUT2D eigenvalue weighted by Gasteiger charge is -2.22. The van der Waals surface area contributed by atoms with Gasteiger partial charge in [-0.2, -0.15) is 0 Å². The second-order valence-corrected chi connectivity index (χ2v) is 6.09. The molecule has 0 radical (unpaired) electrons. The molecule has 5 heteroatoms. The van der Waals surface area contributed by atoms with Crippen LogP contribution in [-0.2, 0) is 27.3 Å². The fraction of sp³-hybridized carbons (Fsp3) is 0.571. The Morgan fingerprint density at radius 2 is 2.32 bits per heavy atom. The van der Waals surface area contributed by atoms with Crippen LogP contribution < -0.4 is 0 Å². The van der Waals surface area contributed by atoms with Crippen LogP contribution in [0.3, 0.4) is 0 Å². The van der Waals surface area contributed by atoms with Crippen molar-refractivity contribution in [1.82, 2.24) is 0 Å². The van der Waals surface area contributed by atoms with E-state index in [-0.39, 0.29) is 12.9 Å². The Hall–Kier alpha value is -0.590. The maximum Gasteiger partial charge on any atom is 0.157 e. The molecule has 0 spiro atoms. The summed E-state index contributed by atoms with van der Waals surface area (Å²) < 4.78 is 23.1. The predicted octanol–water partition coefficient (Wildman–Crippen LogP) is 1.83. The maximum absolute atomic E-state index is 12.1. The lowest BCUT2D eigenvalue weighted by molar-refractivity contribution is -0.158. The van der Waals surface area contributed by atoms with Crippen LogP contribution >= 0.6 is 0 Å². The monoisotopic (exact) mass is 284 g/mol. The molecule has 0 aromatic heterocycles. The summed E-state index contributed by atoms with van der Waals surface area (Å²) in [6.45, 7) is 1.16. The van der Waals surface area contributed by atoms with E-state index in [1.54, 1.807) is 6.07 Å². The first-order valence-corrected chi connectivity index (χ1v) is 7.93. The number of hydrogen-bond donors (Lipinski definition) is 1. The van der Waals surface area contributed by atoms with Crippen LogP contribution in [0.15, 0.2) is 29.2 Å². The normalized spacial score (nSPS) is 21.3. The second kappa shape index (κ2) is 7.87. The number of aliphatic hydroxyl groups is 1. The highest BCUT2D eigenvalue weighted by molar-refractivity contribution is 7.91. The van der Waals surface area contributed by atoms with Crippen LogP contribution in [0.1, 0.15) is 24.8 Å². The van der Waals surface area contributed by atoms with Crippen molar-refractivity contribution in [1.29, 1.82) is 0 Å². The first-order chi connectivity index (χ1) is 9.29. The van der Waals surface area contributed by atoms with Gasteiger partial charge in [-0.05, 0) is 48.1 Å². The number of aliphatic hydroxyl groups excluding tert-OH is 1. The number of benzene rings is 1. The summed E-state index contributed by atoms with van der Waals surface area (Å²) in [4.78, 5) is 0.736. The third-order valence-corrected chi connectivity index (χ3v) is 4.37. The highest BCUT2D eigenvalue weighted by Gasteiger charge is 2.16. The molecule has 0 saturated carbocycles. The van der Waals surface area contributed by atoms with Gasteiger partial charge in [0.15, 0.2) is 11.2 Å². The van der Waals surface area contributed by atoms with Gasteiger partial charge in [0.25, 0.3) is 0 Å². The molecular formula is C14H20O4S. The number of hydrogen-bond acceptors (Lipinski definition) is 4. The minimum Gasteiger partial charge on any atom is -0.611 e. The van der Waals surface area contributed by atoms with Gasteiger partial charge in [-0.15, -0.1) is 0 Å². The van der Waals surface area contributed by atoms with Gasteiger partial charge in [-0.3, -0.25) is 0 Å². The lowest BCUT2D eigenvalue weighted by atomic mass is 10.2. The lowest BCUT2D eigenvalue weighted by Crippen LogP contribution is -2.25. The molecule has 1 fully saturated rings. The maximum atomic E-state index is 12.1. The van der Waals surface area contributed by atoms with E-state index in [0.717, 1.165) is 36.3 Å². The van der Waals surface area contributed by atoms with E-state index in [9.17, 15) is 4.55 Å². The summed E-state index contributed by atoms with van der Waals surface area (Å²) in [5, 5.41) is 9.05. The van der Waals surface area contributed by atoms with Crippen molar-refractivity contribution < 1.29 is 19.1 Å². The third-order valence-electron chi connectivity index (χ3n) is 3.05. The summed E-state index contributed by atoms with van der Waals surface area (Å²) >= 11 is -1.09. The van der Waals surface area contributed by atoms with E-state index in [1.165, 1.54) is 0 Å². The first kappa shape index (κ1) is 14.8. The number of ether oxygens (including phenoxy) is 2. The zero-order chi connectivity index (χ0) is 13.5. The van der Waals surface area contributed by atoms with Gasteiger partial charge in [0.1, 0.15) is 5.75 Å². The second-order valence-electron chi connectivity index (χ2n) is 4.52. The number of rotatable bonds is 6. The third kappa shape index (κ3) is 4.78. The van der Waals surface area contributed by atoms with Gasteiger partial charge in [0.05, 0.1) is 13.2 Å². The molecule has 1 aliphatic rings. The Morgan fingerprint density at radius 3 is 3.05 bits per heavy atom. The predicted molar refractivity (Wildman–Crippen MR) is 73.2 cm³/mol. The van der Waals surface area contributed by atoms with Gasteiger partial charge in [-0.1, -0.05) is 12.1 Å². The fourth-order valence-corrected chi connectivity index (χ4v) is 3.00. The molecule has 0 bridgehead atoms. The molecule has 4 nitrogen and oxygen atoms in total. The van der Waals surface area contributed by atoms with Crippen LogP contribution in [0.2, 0.25) is 0 Å². The highest BCUT2D eigenvalue weighted by Crippen LogP contribution is 2.16. The van der Waals surface area contributed by atoms with Gasteiger partial charge in [-0.25, -0.2) is 0 Å². The average Bonchev–Trinajstić information content (AvgIpc) is 2.48. The molecule has 2 unspecified atom stereocenters. The van der Waals surface area contributed by atoms with Crippen LogP contribution in [0, 0.1) is 0 Å². The van der Waals surface area contributed by atoms with Gasteiger partial charge >= 0.3 is 0 Å². The molecule has 19 heavy (non-hydrogen) atoms. The summed E-state index contributed by atoms with van der Waals surface area (Å²) in [6.07, 6.45) is 3.02. The Bertz CT molecular complexity index is 379. The van der Waals surface area contributed by atoms with Crippen molar-refractivity contribution in [3.05, 3.63) is 29.8 Å². The smallest absolute Gasteiger partial charge is 0.157 e. The average molecular weight is 284 g/mol. The summed E-state index contributed by atoms with van der Waals surface area (Å²) in [7, 11) is 0. The summed E-state index contributed by atoms with van der Waals surface area (Å²) in [5.74, 6) is 0.453. The van der Waals surface area contributed by atoms with Gasteiger partial charge in [0, 0.05) is 6.61 Å². The van der Waals surface area contributed by atoms with E-state index in [4.69, 9.17) is 14.6 Å². The van der Waals surface area contributed by atoms with Crippen molar-refractivity contribution >= 4 is 11.2 Å². The van der Waals surface area contributed by atoms with Crippen LogP contribution in [0.4, 0.5) is 0 Å². The van der Waals surface area contributed by atoms with Crippen molar-refractivity contribution in [3.63, 3.8) is 0 Å². The minimum atomic E-state index is -1.09. The van der Waals surface area contributed by atoms with E-state index in [0.29, 0.717) is 12.4 Å². The Balaban J connectivity index is 1.75. The zero-order valence-electron chi connectivity index (χ0n) is 10.9. The topological polar surface area (TPSA) is 61.8 Å². The molecule has 1 heterocycles. The molecular weight excluding hydrogens is 264 g/mol. The standard InChI is InChI=1S/C14H20O4S/c15-11-12-4-3-5-13(10-12)19(16)9-8-18-14-6-1-2-7-17-14/h3-5,10,14-15H,1-2,6-9,11H2. The molecule has 1 aromatic rings. The fourth-order valence-electron chi connectivity index (χ4n) is 2.00. The molecule has 2 rings (SSSR count). The highest BCUT2D eigenvalue weighted by atomic mass is 32.2. The van der Waals surface area contributed by atoms with Gasteiger partial charge in [0.2, 0.25) is 0 Å². The van der Waals surface area contributed by atoms with E-state index < -0.39 is 11.2 Å². The largest absolute Gasteiger partial charge is 0.611 e. The Morgan fingerprint density at radius 1 is 1.42 bits per heavy atom. The summed E-state index contributed by atoms with van der Waals surface area (Å²) in [6, 6.07) is 7.20.